The smallest absolute Gasteiger partial charge is 0.337 e. The van der Waals surface area contributed by atoms with Gasteiger partial charge in [0.2, 0.25) is 0 Å². The van der Waals surface area contributed by atoms with Crippen LogP contribution in [0.15, 0.2) is 23.9 Å². The van der Waals surface area contributed by atoms with Gasteiger partial charge in [-0.1, -0.05) is 13.8 Å². The molecular formula is C15H18FNO3. The Kier molecular flexibility index (Phi) is 5.02. The van der Waals surface area contributed by atoms with Gasteiger partial charge in [0, 0.05) is 17.2 Å². The van der Waals surface area contributed by atoms with Gasteiger partial charge >= 0.3 is 5.97 Å². The Labute approximate surface area is 117 Å². The lowest BCUT2D eigenvalue weighted by Gasteiger charge is -2.13. The highest BCUT2D eigenvalue weighted by Gasteiger charge is 2.20. The standard InChI is InChI=1S/C15H18FNO3/c1-8(2)14(18)13(9(3)17)10-5-11(15(19)20-4)7-12(16)6-10/h5-8H,17H2,1-4H3. The molecule has 0 aromatic heterocycles. The Morgan fingerprint density at radius 1 is 1.20 bits per heavy atom. The topological polar surface area (TPSA) is 69.4 Å². The SMILES string of the molecule is COC(=O)c1cc(F)cc(C(C(=O)C(C)C)=C(C)N)c1. The molecule has 0 heterocycles. The fourth-order valence-electron chi connectivity index (χ4n) is 1.82. The normalized spacial score (nSPS) is 12.1. The maximum Gasteiger partial charge on any atom is 0.337 e. The lowest BCUT2D eigenvalue weighted by molar-refractivity contribution is -0.116. The number of allylic oxidation sites excluding steroid dienone is 2. The molecule has 1 aromatic carbocycles. The molecule has 1 aromatic rings. The summed E-state index contributed by atoms with van der Waals surface area (Å²) in [6, 6.07) is 3.64. The molecule has 0 spiro atoms. The largest absolute Gasteiger partial charge is 0.465 e. The highest BCUT2D eigenvalue weighted by atomic mass is 19.1. The molecule has 0 radical (unpaired) electrons. The van der Waals surface area contributed by atoms with Crippen molar-refractivity contribution >= 4 is 17.3 Å². The molecule has 5 heteroatoms. The van der Waals surface area contributed by atoms with E-state index < -0.39 is 11.8 Å². The number of esters is 1. The third kappa shape index (κ3) is 3.44. The number of nitrogens with two attached hydrogens (primary N) is 1. The number of Topliss-reactive ketones (excluding diaryl/α,β-unsaturated/α-hetero) is 1. The van der Waals surface area contributed by atoms with Crippen LogP contribution in [0, 0.1) is 11.7 Å². The van der Waals surface area contributed by atoms with Crippen LogP contribution >= 0.6 is 0 Å². The number of rotatable bonds is 4. The molecule has 108 valence electrons. The summed E-state index contributed by atoms with van der Waals surface area (Å²) >= 11 is 0. The lowest BCUT2D eigenvalue weighted by atomic mass is 9.92. The lowest BCUT2D eigenvalue weighted by Crippen LogP contribution is -2.15. The molecule has 1 rings (SSSR count). The average Bonchev–Trinajstić information content (AvgIpc) is 2.36. The number of halogens is 1. The van der Waals surface area contributed by atoms with E-state index in [1.807, 2.05) is 0 Å². The fourth-order valence-corrected chi connectivity index (χ4v) is 1.82. The quantitative estimate of drug-likeness (QED) is 0.679. The van der Waals surface area contributed by atoms with Crippen LogP contribution < -0.4 is 5.73 Å². The van der Waals surface area contributed by atoms with Crippen LogP contribution in [0.4, 0.5) is 4.39 Å². The average molecular weight is 279 g/mol. The van der Waals surface area contributed by atoms with E-state index in [2.05, 4.69) is 4.74 Å². The van der Waals surface area contributed by atoms with Crippen molar-refractivity contribution in [1.82, 2.24) is 0 Å². The van der Waals surface area contributed by atoms with E-state index in [0.717, 1.165) is 6.07 Å². The second-order valence-electron chi connectivity index (χ2n) is 4.80. The summed E-state index contributed by atoms with van der Waals surface area (Å²) in [5.41, 5.74) is 6.57. The van der Waals surface area contributed by atoms with E-state index in [0.29, 0.717) is 0 Å². The third-order valence-electron chi connectivity index (χ3n) is 2.77. The zero-order valence-corrected chi connectivity index (χ0v) is 12.0. The van der Waals surface area contributed by atoms with Gasteiger partial charge in [-0.15, -0.1) is 0 Å². The number of hydrogen-bond donors (Lipinski definition) is 1. The van der Waals surface area contributed by atoms with Crippen molar-refractivity contribution in [2.75, 3.05) is 7.11 Å². The Morgan fingerprint density at radius 2 is 1.75 bits per heavy atom. The molecule has 0 aliphatic carbocycles. The first kappa shape index (κ1) is 15.9. The number of benzene rings is 1. The number of ketones is 1. The van der Waals surface area contributed by atoms with E-state index in [-0.39, 0.29) is 34.1 Å². The van der Waals surface area contributed by atoms with Gasteiger partial charge in [-0.05, 0) is 30.7 Å². The van der Waals surface area contributed by atoms with E-state index in [4.69, 9.17) is 5.73 Å². The van der Waals surface area contributed by atoms with Crippen molar-refractivity contribution in [3.63, 3.8) is 0 Å². The molecule has 0 saturated carbocycles. The molecule has 20 heavy (non-hydrogen) atoms. The van der Waals surface area contributed by atoms with Crippen LogP contribution in [-0.4, -0.2) is 18.9 Å². The van der Waals surface area contributed by atoms with Gasteiger partial charge in [-0.25, -0.2) is 9.18 Å². The Hall–Kier alpha value is -2.17. The number of carbonyl (C=O) groups excluding carboxylic acids is 2. The third-order valence-corrected chi connectivity index (χ3v) is 2.77. The molecule has 0 bridgehead atoms. The number of methoxy groups -OCH3 is 1. The molecule has 0 aliphatic heterocycles. The first-order chi connectivity index (χ1) is 9.27. The van der Waals surface area contributed by atoms with Gasteiger partial charge in [-0.3, -0.25) is 4.79 Å². The summed E-state index contributed by atoms with van der Waals surface area (Å²) in [7, 11) is 1.21. The number of ether oxygens (including phenoxy) is 1. The second kappa shape index (κ2) is 6.32. The summed E-state index contributed by atoms with van der Waals surface area (Å²) in [5.74, 6) is -1.78. The molecule has 4 nitrogen and oxygen atoms in total. The predicted octanol–water partition coefficient (Wildman–Crippen LogP) is 2.53. The molecule has 2 N–H and O–H groups in total. The maximum atomic E-state index is 13.6. The number of carbonyl (C=O) groups is 2. The van der Waals surface area contributed by atoms with Crippen LogP contribution in [0.3, 0.4) is 0 Å². The second-order valence-corrected chi connectivity index (χ2v) is 4.80. The van der Waals surface area contributed by atoms with Gasteiger partial charge in [0.1, 0.15) is 5.82 Å². The van der Waals surface area contributed by atoms with Crippen molar-refractivity contribution in [3.05, 3.63) is 40.8 Å². The summed E-state index contributed by atoms with van der Waals surface area (Å²) in [4.78, 5) is 23.7. The minimum absolute atomic E-state index is 0.0396. The molecular weight excluding hydrogens is 261 g/mol. The molecule has 0 aliphatic rings. The Bertz CT molecular complexity index is 572. The zero-order chi connectivity index (χ0) is 15.4. The van der Waals surface area contributed by atoms with Gasteiger partial charge in [-0.2, -0.15) is 0 Å². The zero-order valence-electron chi connectivity index (χ0n) is 12.0. The minimum atomic E-state index is -0.670. The predicted molar refractivity (Wildman–Crippen MR) is 74.4 cm³/mol. The van der Waals surface area contributed by atoms with E-state index >= 15 is 0 Å². The Morgan fingerprint density at radius 3 is 2.20 bits per heavy atom. The summed E-state index contributed by atoms with van der Waals surface area (Å²) in [6.45, 7) is 5.02. The minimum Gasteiger partial charge on any atom is -0.465 e. The van der Waals surface area contributed by atoms with Gasteiger partial charge < -0.3 is 10.5 Å². The molecule has 0 fully saturated rings. The first-order valence-corrected chi connectivity index (χ1v) is 6.17. The maximum absolute atomic E-state index is 13.6. The molecule has 0 unspecified atom stereocenters. The van der Waals surface area contributed by atoms with E-state index in [9.17, 15) is 14.0 Å². The molecule has 0 atom stereocenters. The van der Waals surface area contributed by atoms with Crippen LogP contribution in [0.25, 0.3) is 5.57 Å². The van der Waals surface area contributed by atoms with Crippen molar-refractivity contribution in [2.45, 2.75) is 20.8 Å². The number of hydrogen-bond acceptors (Lipinski definition) is 4. The van der Waals surface area contributed by atoms with Gasteiger partial charge in [0.05, 0.1) is 12.7 Å². The van der Waals surface area contributed by atoms with E-state index in [1.165, 1.54) is 19.2 Å². The summed E-state index contributed by atoms with van der Waals surface area (Å²) in [6.07, 6.45) is 0. The van der Waals surface area contributed by atoms with Crippen molar-refractivity contribution in [2.24, 2.45) is 11.7 Å². The van der Waals surface area contributed by atoms with Crippen molar-refractivity contribution in [1.29, 1.82) is 0 Å². The monoisotopic (exact) mass is 279 g/mol. The van der Waals surface area contributed by atoms with Crippen molar-refractivity contribution in [3.8, 4) is 0 Å². The fraction of sp³-hybridized carbons (Fsp3) is 0.333. The first-order valence-electron chi connectivity index (χ1n) is 6.17. The highest BCUT2D eigenvalue weighted by Crippen LogP contribution is 2.24. The Balaban J connectivity index is 3.44. The molecule has 0 saturated heterocycles. The summed E-state index contributed by atoms with van der Waals surface area (Å²) < 4.78 is 18.2. The van der Waals surface area contributed by atoms with Crippen LogP contribution in [0.5, 0.6) is 0 Å². The van der Waals surface area contributed by atoms with Crippen LogP contribution in [0.1, 0.15) is 36.7 Å². The van der Waals surface area contributed by atoms with E-state index in [1.54, 1.807) is 20.8 Å². The van der Waals surface area contributed by atoms with Crippen molar-refractivity contribution < 1.29 is 18.7 Å². The summed E-state index contributed by atoms with van der Waals surface area (Å²) in [5, 5.41) is 0. The van der Waals surface area contributed by atoms with Crippen LogP contribution in [-0.2, 0) is 9.53 Å². The molecule has 0 amide bonds. The van der Waals surface area contributed by atoms with Gasteiger partial charge in [0.15, 0.2) is 5.78 Å². The van der Waals surface area contributed by atoms with Gasteiger partial charge in [0.25, 0.3) is 0 Å². The van der Waals surface area contributed by atoms with Crippen LogP contribution in [0.2, 0.25) is 0 Å². The highest BCUT2D eigenvalue weighted by molar-refractivity contribution is 6.22.